The number of carbonyl (C=O) groups is 2. The van der Waals surface area contributed by atoms with Gasteiger partial charge >= 0.3 is 11.9 Å². The molecular formula is C22H18N2O6. The summed E-state index contributed by atoms with van der Waals surface area (Å²) in [5.74, 6) is -1.57. The second-order valence-electron chi connectivity index (χ2n) is 6.24. The molecule has 0 saturated heterocycles. The van der Waals surface area contributed by atoms with E-state index in [0.717, 1.165) is 17.2 Å². The minimum absolute atomic E-state index is 0.123. The van der Waals surface area contributed by atoms with Crippen molar-refractivity contribution in [2.45, 2.75) is 6.42 Å². The van der Waals surface area contributed by atoms with Crippen LogP contribution in [0.15, 0.2) is 77.2 Å². The lowest BCUT2D eigenvalue weighted by Gasteiger charge is -2.11. The van der Waals surface area contributed by atoms with Gasteiger partial charge in [-0.25, -0.2) is 4.79 Å². The van der Waals surface area contributed by atoms with Gasteiger partial charge in [-0.3, -0.25) is 14.9 Å². The summed E-state index contributed by atoms with van der Waals surface area (Å²) in [5.41, 5.74) is 2.68. The highest BCUT2D eigenvalue weighted by Gasteiger charge is 2.11. The summed E-state index contributed by atoms with van der Waals surface area (Å²) in [6, 6.07) is 19.7. The average Bonchev–Trinajstić information content (AvgIpc) is 3.22. The Kier molecular flexibility index (Phi) is 6.73. The SMILES string of the molecule is O=C(COC(=O)/C=C/c1ccc([N+](=O)[O-])o1)Nc1ccccc1Cc1ccccc1. The highest BCUT2D eigenvalue weighted by atomic mass is 16.6. The van der Waals surface area contributed by atoms with Gasteiger partial charge in [0, 0.05) is 11.8 Å². The second kappa shape index (κ2) is 9.83. The minimum Gasteiger partial charge on any atom is -0.452 e. The molecule has 0 aliphatic carbocycles. The van der Waals surface area contributed by atoms with Crippen LogP contribution in [-0.4, -0.2) is 23.4 Å². The molecule has 0 bridgehead atoms. The molecule has 1 heterocycles. The van der Waals surface area contributed by atoms with Gasteiger partial charge in [-0.2, -0.15) is 0 Å². The van der Waals surface area contributed by atoms with Crippen LogP contribution in [0.1, 0.15) is 16.9 Å². The number of rotatable bonds is 8. The number of para-hydroxylation sites is 1. The molecule has 0 unspecified atom stereocenters. The zero-order valence-corrected chi connectivity index (χ0v) is 15.8. The fraction of sp³-hybridized carbons (Fsp3) is 0.0909. The Labute approximate surface area is 171 Å². The van der Waals surface area contributed by atoms with Crippen LogP contribution in [0.4, 0.5) is 11.6 Å². The standard InChI is InChI=1S/C22H18N2O6/c25-20(15-29-22(26)13-11-18-10-12-21(30-18)24(27)28)23-19-9-5-4-8-17(19)14-16-6-2-1-3-7-16/h1-13H,14-15H2,(H,23,25)/b13-11+. The van der Waals surface area contributed by atoms with E-state index in [9.17, 15) is 19.7 Å². The van der Waals surface area contributed by atoms with Crippen molar-refractivity contribution in [3.8, 4) is 0 Å². The van der Waals surface area contributed by atoms with E-state index in [0.29, 0.717) is 12.1 Å². The van der Waals surface area contributed by atoms with Gasteiger partial charge in [0.2, 0.25) is 0 Å². The number of carbonyl (C=O) groups excluding carboxylic acids is 2. The van der Waals surface area contributed by atoms with Crippen LogP contribution in [-0.2, 0) is 20.7 Å². The van der Waals surface area contributed by atoms with Crippen molar-refractivity contribution in [3.63, 3.8) is 0 Å². The number of benzene rings is 2. The number of esters is 1. The minimum atomic E-state index is -0.776. The van der Waals surface area contributed by atoms with Crippen molar-refractivity contribution in [2.75, 3.05) is 11.9 Å². The molecule has 1 aromatic heterocycles. The second-order valence-corrected chi connectivity index (χ2v) is 6.24. The Hall–Kier alpha value is -4.20. The number of furan rings is 1. The Balaban J connectivity index is 1.52. The van der Waals surface area contributed by atoms with Gasteiger partial charge < -0.3 is 14.5 Å². The monoisotopic (exact) mass is 406 g/mol. The van der Waals surface area contributed by atoms with Gasteiger partial charge in [0.1, 0.15) is 10.7 Å². The zero-order chi connectivity index (χ0) is 21.3. The van der Waals surface area contributed by atoms with Crippen LogP contribution in [0.2, 0.25) is 0 Å². The Morgan fingerprint density at radius 1 is 1.03 bits per heavy atom. The summed E-state index contributed by atoms with van der Waals surface area (Å²) in [4.78, 5) is 33.8. The number of nitro groups is 1. The molecule has 0 aliphatic heterocycles. The van der Waals surface area contributed by atoms with Crippen molar-refractivity contribution >= 4 is 29.5 Å². The van der Waals surface area contributed by atoms with Crippen LogP contribution >= 0.6 is 0 Å². The lowest BCUT2D eigenvalue weighted by atomic mass is 10.0. The number of amides is 1. The smallest absolute Gasteiger partial charge is 0.433 e. The molecule has 8 heteroatoms. The van der Waals surface area contributed by atoms with E-state index in [4.69, 9.17) is 9.15 Å². The molecule has 3 aromatic rings. The fourth-order valence-corrected chi connectivity index (χ4v) is 2.66. The predicted octanol–water partition coefficient (Wildman–Crippen LogP) is 3.97. The molecule has 1 amide bonds. The summed E-state index contributed by atoms with van der Waals surface area (Å²) in [6.45, 7) is -0.471. The molecule has 152 valence electrons. The third-order valence-corrected chi connectivity index (χ3v) is 4.05. The van der Waals surface area contributed by atoms with E-state index in [1.54, 1.807) is 12.1 Å². The molecule has 0 fully saturated rings. The van der Waals surface area contributed by atoms with Crippen molar-refractivity contribution in [3.05, 3.63) is 99.8 Å². The summed E-state index contributed by atoms with van der Waals surface area (Å²) < 4.78 is 9.79. The van der Waals surface area contributed by atoms with Gasteiger partial charge in [0.25, 0.3) is 5.91 Å². The highest BCUT2D eigenvalue weighted by Crippen LogP contribution is 2.19. The van der Waals surface area contributed by atoms with E-state index >= 15 is 0 Å². The van der Waals surface area contributed by atoms with Gasteiger partial charge in [-0.05, 0) is 35.8 Å². The maximum absolute atomic E-state index is 12.2. The molecular weight excluding hydrogens is 388 g/mol. The van der Waals surface area contributed by atoms with Crippen molar-refractivity contribution < 1.29 is 23.7 Å². The molecule has 0 radical (unpaired) electrons. The first kappa shape index (κ1) is 20.5. The van der Waals surface area contributed by atoms with Gasteiger partial charge in [-0.1, -0.05) is 48.5 Å². The number of ether oxygens (including phenoxy) is 1. The first-order valence-corrected chi connectivity index (χ1v) is 9.02. The van der Waals surface area contributed by atoms with Gasteiger partial charge in [0.05, 0.1) is 6.07 Å². The third-order valence-electron chi connectivity index (χ3n) is 4.05. The highest BCUT2D eigenvalue weighted by molar-refractivity contribution is 5.95. The van der Waals surface area contributed by atoms with E-state index in [1.165, 1.54) is 18.2 Å². The van der Waals surface area contributed by atoms with Gasteiger partial charge in [0.15, 0.2) is 6.61 Å². The molecule has 0 aliphatic rings. The van der Waals surface area contributed by atoms with Crippen LogP contribution in [0.25, 0.3) is 6.08 Å². The number of nitrogens with one attached hydrogen (secondary N) is 1. The Morgan fingerprint density at radius 2 is 1.77 bits per heavy atom. The first-order chi connectivity index (χ1) is 14.5. The normalized spacial score (nSPS) is 10.7. The third kappa shape index (κ3) is 5.90. The average molecular weight is 406 g/mol. The van der Waals surface area contributed by atoms with Crippen LogP contribution in [0.5, 0.6) is 0 Å². The Bertz CT molecular complexity index is 1070. The van der Waals surface area contributed by atoms with Gasteiger partial charge in [-0.15, -0.1) is 0 Å². The maximum atomic E-state index is 12.2. The Morgan fingerprint density at radius 3 is 2.50 bits per heavy atom. The van der Waals surface area contributed by atoms with Crippen LogP contribution in [0.3, 0.4) is 0 Å². The largest absolute Gasteiger partial charge is 0.452 e. The van der Waals surface area contributed by atoms with Crippen molar-refractivity contribution in [1.29, 1.82) is 0 Å². The molecule has 2 aromatic carbocycles. The van der Waals surface area contributed by atoms with Crippen LogP contribution < -0.4 is 5.32 Å². The maximum Gasteiger partial charge on any atom is 0.433 e. The first-order valence-electron chi connectivity index (χ1n) is 9.02. The molecule has 8 nitrogen and oxygen atoms in total. The predicted molar refractivity (Wildman–Crippen MR) is 110 cm³/mol. The summed E-state index contributed by atoms with van der Waals surface area (Å²) in [7, 11) is 0. The van der Waals surface area contributed by atoms with Crippen molar-refractivity contribution in [2.24, 2.45) is 0 Å². The lowest BCUT2D eigenvalue weighted by Crippen LogP contribution is -2.20. The number of hydrogen-bond acceptors (Lipinski definition) is 6. The lowest BCUT2D eigenvalue weighted by molar-refractivity contribution is -0.402. The summed E-state index contributed by atoms with van der Waals surface area (Å²) in [5, 5.41) is 13.3. The fourth-order valence-electron chi connectivity index (χ4n) is 2.66. The summed E-state index contributed by atoms with van der Waals surface area (Å²) in [6.07, 6.45) is 2.90. The number of nitrogens with zero attached hydrogens (tertiary/aromatic N) is 1. The molecule has 1 N–H and O–H groups in total. The van der Waals surface area contributed by atoms with E-state index < -0.39 is 29.3 Å². The van der Waals surface area contributed by atoms with E-state index in [-0.39, 0.29) is 5.76 Å². The molecule has 0 saturated carbocycles. The number of anilines is 1. The van der Waals surface area contributed by atoms with E-state index in [1.807, 2.05) is 42.5 Å². The molecule has 30 heavy (non-hydrogen) atoms. The molecule has 0 spiro atoms. The summed E-state index contributed by atoms with van der Waals surface area (Å²) >= 11 is 0. The zero-order valence-electron chi connectivity index (χ0n) is 15.8. The topological polar surface area (TPSA) is 112 Å². The van der Waals surface area contributed by atoms with Crippen molar-refractivity contribution in [1.82, 2.24) is 0 Å². The quantitative estimate of drug-likeness (QED) is 0.262. The van der Waals surface area contributed by atoms with Crippen LogP contribution in [0, 0.1) is 10.1 Å². The number of hydrogen-bond donors (Lipinski definition) is 1. The molecule has 3 rings (SSSR count). The molecule has 0 atom stereocenters. The van der Waals surface area contributed by atoms with E-state index in [2.05, 4.69) is 5.32 Å².